The number of anilines is 1. The minimum Gasteiger partial charge on any atom is -0.440 e. The molecule has 0 aromatic heterocycles. The van der Waals surface area contributed by atoms with Gasteiger partial charge in [-0.2, -0.15) is 4.31 Å². The lowest BCUT2D eigenvalue weighted by molar-refractivity contribution is -0.227. The number of nitrogens with zero attached hydrogens (tertiary/aromatic N) is 1. The molecule has 4 rings (SSSR count). The number of hydrogen-bond acceptors (Lipinski definition) is 8. The van der Waals surface area contributed by atoms with E-state index >= 15 is 8.42 Å². The van der Waals surface area contributed by atoms with Gasteiger partial charge in [0.15, 0.2) is 5.79 Å². The first-order valence-electron chi connectivity index (χ1n) is 19.1. The Labute approximate surface area is 636 Å². The van der Waals surface area contributed by atoms with Crippen LogP contribution in [-0.2, 0) is 29.0 Å². The molecule has 53 heavy (non-hydrogen) atoms. The Balaban J connectivity index is -0.000000000708. The Morgan fingerprint density at radius 2 is 1.64 bits per heavy atom. The van der Waals surface area contributed by atoms with E-state index in [0.29, 0.717) is 18.6 Å². The Morgan fingerprint density at radius 3 is 2.21 bits per heavy atom. The van der Waals surface area contributed by atoms with Gasteiger partial charge in [-0.25, -0.2) is 13.2 Å². The van der Waals surface area contributed by atoms with E-state index in [-0.39, 0.29) is 333 Å². The number of nitrogens with one attached hydrogen (secondary N) is 2. The van der Waals surface area contributed by atoms with E-state index in [9.17, 15) is 4.79 Å². The van der Waals surface area contributed by atoms with Crippen molar-refractivity contribution in [2.24, 2.45) is 17.3 Å². The highest BCUT2D eigenvalue weighted by Crippen LogP contribution is 2.56. The molecular formula is C42H493N3O7S. The van der Waals surface area contributed by atoms with Crippen molar-refractivity contribution in [2.75, 3.05) is 32.6 Å². The molecule has 2 heterocycles. The van der Waals surface area contributed by atoms with Crippen molar-refractivity contribution in [3.05, 3.63) is 58.7 Å². The van der Waals surface area contributed by atoms with Crippen LogP contribution in [0.15, 0.2) is 41.3 Å². The fourth-order valence-electron chi connectivity index (χ4n) is 8.65. The molecule has 2 N–H and O–H groups in total. The Kier molecular flexibility index (Phi) is 12.3. The molecule has 1 amide bonds. The summed E-state index contributed by atoms with van der Waals surface area (Å²) in [6.45, 7) is 28.5. The van der Waals surface area contributed by atoms with Crippen molar-refractivity contribution >= 4 is 21.8 Å². The van der Waals surface area contributed by atoms with Crippen molar-refractivity contribution in [3.63, 3.8) is 0 Å². The molecular weight excluding hydrogens is 691 g/mol. The summed E-state index contributed by atoms with van der Waals surface area (Å²) in [5.74, 6) is -1.21. The van der Waals surface area contributed by atoms with E-state index in [0.717, 1.165) is 22.4 Å². The molecule has 10 nitrogen and oxygen atoms in total. The van der Waals surface area contributed by atoms with Crippen molar-refractivity contribution in [1.29, 1.82) is 0 Å². The maximum Gasteiger partial charge on any atom is 0.408 e. The Bertz CT molecular complexity index is 1950. The average Bonchev–Trinajstić information content (AvgIpc) is 3.51. The molecule has 2 aliphatic heterocycles. The second-order valence-corrected chi connectivity index (χ2v) is 19.3. The highest BCUT2D eigenvalue weighted by atomic mass is 32.2. The molecule has 2 aromatic carbocycles. The molecule has 2 aliphatic rings. The Morgan fingerprint density at radius 1 is 1.02 bits per heavy atom. The van der Waals surface area contributed by atoms with Crippen LogP contribution in [0.3, 0.4) is 0 Å². The molecule has 724 valence electrons. The van der Waals surface area contributed by atoms with Gasteiger partial charge < -0.3 is 29.6 Å². The summed E-state index contributed by atoms with van der Waals surface area (Å²) in [5.41, 5.74) is 1.25. The second kappa shape index (κ2) is 15.1. The SMILES string of the molecule is CNc1ccc(S(=O)(=O)N(C[C@@H](OC)[C@@H](NC(=O)O[C@]2(C)[C@@H]3CCO[C@]3(C)OC2(C)C)C(C)c2ccccc2C)C(C)(C)C(C)(C)C(C)C)c(C)c1C.[HH].[HH].[HH].[HH].[HH].[HH].[HH].[HH].[HH].[HH].[HH].[HH].[HH].[HH].[HH].[HH].[HH].[HH].[HH].[HH].[HH].[HH].[HH].[HH].[HH].[HH].[HH].[HH].[HH].[HH].[HH].[HH].[HH].[HH].[HH].[HH].[HH].[HH].[HH].[HH].[HH].[HH].[HH].[HH].[HH].[HH].[HH].[HH].[HH].[HH].[HH].[HH].[HH].[HH].[HH].[HH].[HH].[HH].[HH].[HH].[HH].[HH].[HH].[HH].[HH].[HH].[HH].[HH].[HH].[HH].[HH].[HH].[HH].[HH].[HH].[HH].[HH].[HH].[HH].[HH].[HH].[HH].[HH].[HH].[HH].[HH].[HH].[HH].[HH].[HH].[HH].[HH].[HH].[HH].[HH].[HH].[HH].[HH].[HH].[HH].[HH].[HH].[HH].[HH].[HH].[HH].[HH].[HH].[HH].[HH].[HH].[HH].[HH].[HH].[HH].[HH].[HH].[HH].[HH].[HH].[HH].[HH].[HH].[HH].[HH].[HH].[HH].[HH].[HH].[HH].[HH].[HH].[HH].[HH].[HH].[HH].[HH].[HH].[HH].[HH].[HH].[HH].[HH].[HH].[HH].[HH].[HH].[HH].[HH].[HH].[HH].[HH].[HH].[HH].[HH].[HH].[HH].[HH].[HH].[HH].[HH].[HH].[HH].[HH].[HH].[HH].[HH].[HH].[HH].[HH].[HH].[HH].[HH].[HH].[HH].[HH].[HH].[HH].[HH].[HH].[HH].[HH].[HH].[HH].[HH].[HH].[HH].[HH].[HH].[HH].[HH].[HH].[HH].[HH].[HH].[HH].[HH].[HH].[HH].[HH].[HH].[HH].[HH].[HH].[HH].[HH].[HH].[HH].[HH].[HH].[HH].[HH].[HH]. The van der Waals surface area contributed by atoms with E-state index < -0.39 is 56.2 Å². The normalized spacial score (nSPS) is 24.9. The number of benzene rings is 2. The van der Waals surface area contributed by atoms with Crippen LogP contribution in [0, 0.1) is 38.0 Å². The van der Waals surface area contributed by atoms with Crippen LogP contribution in [0.4, 0.5) is 10.5 Å². The number of sulfonamides is 1. The third-order valence-electron chi connectivity index (χ3n) is 13.8. The van der Waals surface area contributed by atoms with Gasteiger partial charge in [-0.1, -0.05) is 58.9 Å². The summed E-state index contributed by atoms with van der Waals surface area (Å²) in [5, 5.41) is 6.38. The van der Waals surface area contributed by atoms with Gasteiger partial charge in [0.05, 0.1) is 29.6 Å². The maximum atomic E-state index is 15.2. The van der Waals surface area contributed by atoms with E-state index in [4.69, 9.17) is 18.9 Å². The molecule has 2 aromatic rings. The number of rotatable bonds is 14. The number of carbonyl (C=O) groups is 1. The van der Waals surface area contributed by atoms with Gasteiger partial charge in [0, 0.05) is 342 Å². The lowest BCUT2D eigenvalue weighted by Crippen LogP contribution is -2.62. The zero-order chi connectivity index (χ0) is 40.1. The minimum atomic E-state index is -4.13. The summed E-state index contributed by atoms with van der Waals surface area (Å²) >= 11 is 0. The van der Waals surface area contributed by atoms with Crippen molar-refractivity contribution < 1.29 is 336 Å². The first-order chi connectivity index (χ1) is 24.3. The van der Waals surface area contributed by atoms with Crippen molar-refractivity contribution in [3.8, 4) is 0 Å². The van der Waals surface area contributed by atoms with Crippen LogP contribution in [-0.4, -0.2) is 80.8 Å². The number of hydrogen-bond donors (Lipinski definition) is 2. The van der Waals surface area contributed by atoms with Crippen LogP contribution in [0.5, 0.6) is 0 Å². The number of aryl methyl sites for hydroxylation is 1. The standard InChI is InChI=1S/C42H67N3O7S.213H2/c1-26(2)38(7,8)39(9,10)45(53(47,48)34-22-21-32(43-15)28(4)29(34)5)25-33(49-16)36(30(6)31-20-18-17-19-27(31)3)44-37(46)51-41(13)35-23-24-50-42(35,14)52-40(41,11)12;;;;;;;;;;;;;;;;;;;;;;;;;;;;;;;;;;;;;;;;;;;;;;;;;;;;;;;;;;;;;;;;;;;;;;;;;;;;;;;;;;;;;;;;;;;;;;;;;;;;;;;;;;;;;;;;;;;;;;;;;;;;;;;;;;;;;;;;;;;;;;;;;;;;;;;;;;;;;;;;;;;;;;;;;;;;;;;;;;;;;;;;;;;;;;;;;;;;;;;;;;;;;;;;;;;;;/h17-22,26,30,33,35-36,43H,23-25H2,1-16H3,(H,44,46);213*1H/t30?,33-,35+,36+,41-,42-;;;;;;;;;;;;;;;;;;;;;;;;;;;;;;;;;;;;;;;;;;;;;;;;;;;;;;;;;;;;;;;;;;;;;;;;;;;;;;;;;;;;;;;;;;;;;;;;;;;;;;;;;;;;;;;;;;;;;;;;;;;;;;;;;;;;;;;;;;;;;;;;;;;;;;;;;;;;;;;;;;;;;;;;;;;;;;;;;;;;;;;;;;;;;;;;;;;;;;;;;;;;;;;;;;;;;/m1...................................................................................................................................................................................................................../s1. The smallest absolute Gasteiger partial charge is 0.408 e. The van der Waals surface area contributed by atoms with E-state index in [1.165, 1.54) is 0 Å². The number of ether oxygens (including phenoxy) is 4. The molecule has 0 saturated carbocycles. The first kappa shape index (κ1) is 43.0. The van der Waals surface area contributed by atoms with Crippen LogP contribution in [0.25, 0.3) is 0 Å². The second-order valence-electron chi connectivity index (χ2n) is 17.5. The largest absolute Gasteiger partial charge is 0.440 e. The van der Waals surface area contributed by atoms with E-state index in [1.54, 1.807) is 17.5 Å². The quantitative estimate of drug-likeness (QED) is 0.192. The zero-order valence-corrected chi connectivity index (χ0v) is 36.0. The van der Waals surface area contributed by atoms with Crippen molar-refractivity contribution in [2.45, 2.75) is 149 Å². The lowest BCUT2D eigenvalue weighted by atomic mass is 9.67. The van der Waals surface area contributed by atoms with Crippen LogP contribution < -0.4 is 10.6 Å². The van der Waals surface area contributed by atoms with Gasteiger partial charge >= 0.3 is 6.09 Å². The molecule has 2 saturated heterocycles. The highest BCUT2D eigenvalue weighted by Gasteiger charge is 2.68. The van der Waals surface area contributed by atoms with Gasteiger partial charge in [-0.15, -0.1) is 0 Å². The van der Waals surface area contributed by atoms with Crippen LogP contribution in [0.1, 0.15) is 415 Å². The highest BCUT2D eigenvalue weighted by molar-refractivity contribution is 7.89. The lowest BCUT2D eigenvalue weighted by Gasteiger charge is -2.52. The monoisotopic (exact) mass is 1190 g/mol. The van der Waals surface area contributed by atoms with Gasteiger partial charge in [0.25, 0.3) is 0 Å². The van der Waals surface area contributed by atoms with Gasteiger partial charge in [0.2, 0.25) is 10.0 Å². The molecule has 0 aliphatic carbocycles. The molecule has 1 unspecified atom stereocenters. The predicted octanol–water partition coefficient (Wildman–Crippen LogP) is 60.7. The van der Waals surface area contributed by atoms with Crippen molar-refractivity contribution in [1.82, 2.24) is 9.62 Å². The molecule has 0 bridgehead atoms. The molecule has 2 fully saturated rings. The molecule has 6 atom stereocenters. The van der Waals surface area contributed by atoms with E-state index in [2.05, 4.69) is 38.3 Å². The van der Waals surface area contributed by atoms with Gasteiger partial charge in [-0.05, 0) is 114 Å². The van der Waals surface area contributed by atoms with Crippen LogP contribution in [0.2, 0.25) is 0 Å². The van der Waals surface area contributed by atoms with Gasteiger partial charge in [0.1, 0.15) is 11.2 Å². The van der Waals surface area contributed by atoms with Crippen LogP contribution >= 0.6 is 0 Å². The summed E-state index contributed by atoms with van der Waals surface area (Å²) < 4.78 is 57.2. The zero-order valence-electron chi connectivity index (χ0n) is 35.2. The third kappa shape index (κ3) is 7.50. The maximum absolute atomic E-state index is 15.2. The predicted molar refractivity (Wildman–Crippen MR) is 662 cm³/mol. The van der Waals surface area contributed by atoms with Gasteiger partial charge in [-0.3, -0.25) is 0 Å². The summed E-state index contributed by atoms with van der Waals surface area (Å²) in [6.07, 6.45) is -0.721. The summed E-state index contributed by atoms with van der Waals surface area (Å²) in [6, 6.07) is 10.8. The fourth-order valence-corrected chi connectivity index (χ4v) is 10.8. The summed E-state index contributed by atoms with van der Waals surface area (Å²) in [7, 11) is -0.723. The third-order valence-corrected chi connectivity index (χ3v) is 16.0. The average molecular weight is 1190 g/mol. The fraction of sp³-hybridized carbons (Fsp3) is 0.690. The number of amides is 1. The topological polar surface area (TPSA) is 115 Å². The number of fused-ring (bicyclic) bond motifs is 1. The molecule has 0 radical (unpaired) electrons. The van der Waals surface area contributed by atoms with E-state index in [1.807, 2.05) is 107 Å². The number of methoxy groups -OCH3 is 1. The Hall–Kier alpha value is -2.70. The summed E-state index contributed by atoms with van der Waals surface area (Å²) in [4.78, 5) is 14.5. The number of carbonyl (C=O) groups excluding carboxylic acids is 1. The number of alkyl carbamates (subject to hydrolysis) is 1. The first-order valence-corrected chi connectivity index (χ1v) is 20.5. The molecule has 11 heteroatoms. The molecule has 0 spiro atoms. The minimum absolute atomic E-state index is 0.